The van der Waals surface area contributed by atoms with E-state index in [1.165, 1.54) is 38.5 Å². The van der Waals surface area contributed by atoms with Crippen molar-refractivity contribution in [3.8, 4) is 0 Å². The number of aliphatic hydroxyl groups is 2. The van der Waals surface area contributed by atoms with E-state index in [0.717, 1.165) is 25.2 Å². The Morgan fingerprint density at radius 1 is 1.16 bits per heavy atom. The molecule has 112 valence electrons. The molecule has 0 heterocycles. The lowest BCUT2D eigenvalue weighted by atomic mass is 9.63. The van der Waals surface area contributed by atoms with Crippen molar-refractivity contribution in [2.45, 2.75) is 90.3 Å². The van der Waals surface area contributed by atoms with Gasteiger partial charge in [0.25, 0.3) is 0 Å². The highest BCUT2D eigenvalue weighted by molar-refractivity contribution is 5.00. The largest absolute Gasteiger partial charge is 0.393 e. The van der Waals surface area contributed by atoms with Gasteiger partial charge >= 0.3 is 0 Å². The predicted octanol–water partition coefficient (Wildman–Crippen LogP) is 3.90. The molecule has 0 radical (unpaired) electrons. The molecule has 0 spiro atoms. The van der Waals surface area contributed by atoms with E-state index in [9.17, 15) is 10.2 Å². The molecule has 0 aromatic rings. The van der Waals surface area contributed by atoms with E-state index in [0.29, 0.717) is 11.3 Å². The summed E-state index contributed by atoms with van der Waals surface area (Å²) in [6.07, 6.45) is 10.6. The van der Waals surface area contributed by atoms with Crippen molar-refractivity contribution < 1.29 is 10.2 Å². The highest BCUT2D eigenvalue weighted by Crippen LogP contribution is 2.56. The van der Waals surface area contributed by atoms with E-state index < -0.39 is 5.60 Å². The second-order valence-corrected chi connectivity index (χ2v) is 7.90. The van der Waals surface area contributed by atoms with E-state index in [2.05, 4.69) is 6.92 Å². The number of hydrogen-bond donors (Lipinski definition) is 2. The average molecular weight is 268 g/mol. The predicted molar refractivity (Wildman–Crippen MR) is 78.9 cm³/mol. The van der Waals surface area contributed by atoms with Crippen LogP contribution in [0.3, 0.4) is 0 Å². The summed E-state index contributed by atoms with van der Waals surface area (Å²) in [4.78, 5) is 0. The van der Waals surface area contributed by atoms with Gasteiger partial charge in [-0.1, -0.05) is 26.2 Å². The van der Waals surface area contributed by atoms with Crippen molar-refractivity contribution in [1.82, 2.24) is 0 Å². The fraction of sp³-hybridized carbons (Fsp3) is 1.00. The normalized spacial score (nSPS) is 39.3. The second kappa shape index (κ2) is 5.73. The molecule has 0 aromatic carbocycles. The van der Waals surface area contributed by atoms with Gasteiger partial charge < -0.3 is 10.2 Å². The van der Waals surface area contributed by atoms with Gasteiger partial charge in [-0.25, -0.2) is 0 Å². The van der Waals surface area contributed by atoms with Crippen LogP contribution < -0.4 is 0 Å². The third-order valence-electron chi connectivity index (χ3n) is 5.88. The van der Waals surface area contributed by atoms with Crippen LogP contribution in [-0.4, -0.2) is 21.9 Å². The zero-order valence-corrected chi connectivity index (χ0v) is 13.0. The van der Waals surface area contributed by atoms with Crippen LogP contribution in [0.15, 0.2) is 0 Å². The fourth-order valence-corrected chi connectivity index (χ4v) is 4.68. The number of rotatable bonds is 5. The molecule has 0 amide bonds. The molecule has 2 aliphatic carbocycles. The van der Waals surface area contributed by atoms with Crippen molar-refractivity contribution >= 4 is 0 Å². The van der Waals surface area contributed by atoms with E-state index in [-0.39, 0.29) is 6.10 Å². The number of aliphatic hydroxyl groups excluding tert-OH is 1. The first-order valence-corrected chi connectivity index (χ1v) is 8.23. The molecule has 2 fully saturated rings. The van der Waals surface area contributed by atoms with E-state index in [1.807, 2.05) is 13.8 Å². The molecule has 4 atom stereocenters. The van der Waals surface area contributed by atoms with Crippen LogP contribution in [0, 0.1) is 17.3 Å². The molecule has 2 N–H and O–H groups in total. The minimum absolute atomic E-state index is 0.0416. The maximum Gasteiger partial charge on any atom is 0.0591 e. The van der Waals surface area contributed by atoms with Crippen LogP contribution in [0.4, 0.5) is 0 Å². The summed E-state index contributed by atoms with van der Waals surface area (Å²) in [5.41, 5.74) is -0.116. The summed E-state index contributed by atoms with van der Waals surface area (Å²) in [5.74, 6) is 1.36. The summed E-state index contributed by atoms with van der Waals surface area (Å²) in [5, 5.41) is 20.0. The zero-order valence-electron chi connectivity index (χ0n) is 13.0. The highest BCUT2D eigenvalue weighted by Gasteiger charge is 2.50. The van der Waals surface area contributed by atoms with Gasteiger partial charge in [-0.05, 0) is 69.6 Å². The number of unbranched alkanes of at least 4 members (excludes halogenated alkanes) is 1. The lowest BCUT2D eigenvalue weighted by Crippen LogP contribution is -2.39. The zero-order chi connectivity index (χ0) is 14.1. The number of fused-ring (bicyclic) bond motifs is 1. The number of hydrogen-bond acceptors (Lipinski definition) is 2. The third-order valence-corrected chi connectivity index (χ3v) is 5.88. The van der Waals surface area contributed by atoms with Crippen LogP contribution >= 0.6 is 0 Å². The molecule has 0 aromatic heterocycles. The molecule has 2 nitrogen and oxygen atoms in total. The van der Waals surface area contributed by atoms with Crippen molar-refractivity contribution in [3.05, 3.63) is 0 Å². The van der Waals surface area contributed by atoms with Crippen molar-refractivity contribution in [2.75, 3.05) is 0 Å². The monoisotopic (exact) mass is 268 g/mol. The molecule has 2 saturated carbocycles. The molecule has 0 saturated heterocycles. The first-order chi connectivity index (χ1) is 8.83. The van der Waals surface area contributed by atoms with Gasteiger partial charge in [-0.2, -0.15) is 0 Å². The Bertz CT molecular complexity index is 294. The van der Waals surface area contributed by atoms with Crippen LogP contribution in [0.1, 0.15) is 78.6 Å². The van der Waals surface area contributed by atoms with Gasteiger partial charge in [0.1, 0.15) is 0 Å². The minimum Gasteiger partial charge on any atom is -0.393 e. The Kier molecular flexibility index (Phi) is 4.62. The van der Waals surface area contributed by atoms with Gasteiger partial charge in [0, 0.05) is 0 Å². The van der Waals surface area contributed by atoms with E-state index in [4.69, 9.17) is 0 Å². The van der Waals surface area contributed by atoms with Crippen LogP contribution in [-0.2, 0) is 0 Å². The second-order valence-electron chi connectivity index (χ2n) is 7.90. The fourth-order valence-electron chi connectivity index (χ4n) is 4.68. The molecule has 19 heavy (non-hydrogen) atoms. The average Bonchev–Trinajstić information content (AvgIpc) is 2.62. The minimum atomic E-state index is -0.511. The summed E-state index contributed by atoms with van der Waals surface area (Å²) >= 11 is 0. The molecule has 0 bridgehead atoms. The summed E-state index contributed by atoms with van der Waals surface area (Å²) in [6.45, 7) is 6.22. The SMILES string of the molecule is CC(C)(O)CCCCC1CCC2C(O)CCCC12C. The molecular formula is C17H32O2. The van der Waals surface area contributed by atoms with E-state index in [1.54, 1.807) is 0 Å². The van der Waals surface area contributed by atoms with Crippen LogP contribution in [0.5, 0.6) is 0 Å². The Morgan fingerprint density at radius 2 is 1.89 bits per heavy atom. The Morgan fingerprint density at radius 3 is 2.58 bits per heavy atom. The van der Waals surface area contributed by atoms with Crippen molar-refractivity contribution in [2.24, 2.45) is 17.3 Å². The Labute approximate surface area is 118 Å². The lowest BCUT2D eigenvalue weighted by molar-refractivity contribution is -0.0189. The molecule has 2 rings (SSSR count). The van der Waals surface area contributed by atoms with Gasteiger partial charge in [0.2, 0.25) is 0 Å². The van der Waals surface area contributed by atoms with Gasteiger partial charge in [0.15, 0.2) is 0 Å². The Hall–Kier alpha value is -0.0800. The highest BCUT2D eigenvalue weighted by atomic mass is 16.3. The Balaban J connectivity index is 1.81. The first-order valence-electron chi connectivity index (χ1n) is 8.23. The standard InChI is InChI=1S/C17H32O2/c1-16(2,19)11-5-4-7-13-9-10-14-15(18)8-6-12-17(13,14)3/h13-15,18-19H,4-12H2,1-3H3. The lowest BCUT2D eigenvalue weighted by Gasteiger charge is -2.43. The van der Waals surface area contributed by atoms with Gasteiger partial charge in [-0.15, -0.1) is 0 Å². The molecule has 2 aliphatic rings. The molecule has 2 heteroatoms. The maximum atomic E-state index is 10.2. The van der Waals surface area contributed by atoms with Crippen molar-refractivity contribution in [1.29, 1.82) is 0 Å². The van der Waals surface area contributed by atoms with Crippen LogP contribution in [0.2, 0.25) is 0 Å². The first kappa shape index (κ1) is 15.3. The summed E-state index contributed by atoms with van der Waals surface area (Å²) in [6, 6.07) is 0. The summed E-state index contributed by atoms with van der Waals surface area (Å²) in [7, 11) is 0. The summed E-state index contributed by atoms with van der Waals surface area (Å²) < 4.78 is 0. The van der Waals surface area contributed by atoms with Crippen molar-refractivity contribution in [3.63, 3.8) is 0 Å². The quantitative estimate of drug-likeness (QED) is 0.743. The maximum absolute atomic E-state index is 10.2. The molecule has 4 unspecified atom stereocenters. The molecule has 0 aliphatic heterocycles. The topological polar surface area (TPSA) is 40.5 Å². The van der Waals surface area contributed by atoms with Gasteiger partial charge in [0.05, 0.1) is 11.7 Å². The smallest absolute Gasteiger partial charge is 0.0591 e. The van der Waals surface area contributed by atoms with Crippen LogP contribution in [0.25, 0.3) is 0 Å². The third kappa shape index (κ3) is 3.52. The van der Waals surface area contributed by atoms with E-state index >= 15 is 0 Å². The molecular weight excluding hydrogens is 236 g/mol. The van der Waals surface area contributed by atoms with Gasteiger partial charge in [-0.3, -0.25) is 0 Å².